The quantitative estimate of drug-likeness (QED) is 0.863. The molecule has 2 atom stereocenters. The van der Waals surface area contributed by atoms with Gasteiger partial charge in [-0.3, -0.25) is 0 Å². The van der Waals surface area contributed by atoms with Gasteiger partial charge in [-0.25, -0.2) is 13.4 Å². The van der Waals surface area contributed by atoms with Gasteiger partial charge in [0.15, 0.2) is 0 Å². The van der Waals surface area contributed by atoms with Gasteiger partial charge >= 0.3 is 0 Å². The zero-order chi connectivity index (χ0) is 13.1. The van der Waals surface area contributed by atoms with Crippen LogP contribution in [0.25, 0.3) is 0 Å². The maximum atomic E-state index is 11.1. The Labute approximate surface area is 107 Å². The van der Waals surface area contributed by atoms with Crippen LogP contribution < -0.4 is 5.73 Å². The van der Waals surface area contributed by atoms with E-state index in [-0.39, 0.29) is 11.8 Å². The first-order valence-electron chi connectivity index (χ1n) is 5.72. The standard InChI is InChI=1S/C11H20N2O2S2/c1-4-8(2)11-13-10(7-16-11)9(12)5-6-17(3,14)15/h7-9H,4-6,12H2,1-3H3. The molecule has 2 N–H and O–H groups in total. The molecule has 0 spiro atoms. The van der Waals surface area contributed by atoms with Crippen LogP contribution in [0.2, 0.25) is 0 Å². The molecule has 1 aromatic rings. The van der Waals surface area contributed by atoms with E-state index in [1.807, 2.05) is 5.38 Å². The summed E-state index contributed by atoms with van der Waals surface area (Å²) in [5.74, 6) is 0.556. The molecular weight excluding hydrogens is 256 g/mol. The number of rotatable bonds is 6. The minimum atomic E-state index is -2.95. The Morgan fingerprint density at radius 3 is 2.71 bits per heavy atom. The lowest BCUT2D eigenvalue weighted by atomic mass is 10.1. The molecular formula is C11H20N2O2S2. The number of hydrogen-bond acceptors (Lipinski definition) is 5. The van der Waals surface area contributed by atoms with Crippen LogP contribution in [-0.2, 0) is 9.84 Å². The Kier molecular flexibility index (Phi) is 5.09. The van der Waals surface area contributed by atoms with E-state index in [9.17, 15) is 8.42 Å². The number of nitrogens with zero attached hydrogens (tertiary/aromatic N) is 1. The summed E-state index contributed by atoms with van der Waals surface area (Å²) in [6, 6.07) is -0.279. The van der Waals surface area contributed by atoms with Gasteiger partial charge in [0, 0.05) is 23.6 Å². The summed E-state index contributed by atoms with van der Waals surface area (Å²) in [4.78, 5) is 4.48. The Bertz CT molecular complexity index is 454. The molecule has 0 saturated carbocycles. The SMILES string of the molecule is CCC(C)c1nc(C(N)CCS(C)(=O)=O)cs1. The van der Waals surface area contributed by atoms with E-state index in [0.717, 1.165) is 17.1 Å². The summed E-state index contributed by atoms with van der Waals surface area (Å²) in [6.07, 6.45) is 2.71. The lowest BCUT2D eigenvalue weighted by Crippen LogP contribution is -2.16. The predicted octanol–water partition coefficient (Wildman–Crippen LogP) is 2.09. The maximum Gasteiger partial charge on any atom is 0.147 e. The van der Waals surface area contributed by atoms with E-state index in [4.69, 9.17) is 5.73 Å². The van der Waals surface area contributed by atoms with Crippen molar-refractivity contribution in [3.05, 3.63) is 16.1 Å². The zero-order valence-corrected chi connectivity index (χ0v) is 12.1. The van der Waals surface area contributed by atoms with Crippen molar-refractivity contribution in [2.24, 2.45) is 5.73 Å². The van der Waals surface area contributed by atoms with Gasteiger partial charge in [-0.1, -0.05) is 13.8 Å². The molecule has 0 aliphatic heterocycles. The Morgan fingerprint density at radius 1 is 1.53 bits per heavy atom. The summed E-state index contributed by atoms with van der Waals surface area (Å²) >= 11 is 1.60. The first-order valence-corrected chi connectivity index (χ1v) is 8.66. The largest absolute Gasteiger partial charge is 0.323 e. The van der Waals surface area contributed by atoms with Crippen molar-refractivity contribution in [2.75, 3.05) is 12.0 Å². The zero-order valence-electron chi connectivity index (χ0n) is 10.5. The Morgan fingerprint density at radius 2 is 2.18 bits per heavy atom. The highest BCUT2D eigenvalue weighted by Crippen LogP contribution is 2.25. The summed E-state index contributed by atoms with van der Waals surface area (Å²) < 4.78 is 22.1. The molecule has 17 heavy (non-hydrogen) atoms. The third kappa shape index (κ3) is 4.73. The van der Waals surface area contributed by atoms with Crippen molar-refractivity contribution < 1.29 is 8.42 Å². The first-order chi connectivity index (χ1) is 7.83. The molecule has 0 fully saturated rings. The fraction of sp³-hybridized carbons (Fsp3) is 0.727. The summed E-state index contributed by atoms with van der Waals surface area (Å²) in [5.41, 5.74) is 6.75. The lowest BCUT2D eigenvalue weighted by molar-refractivity contribution is 0.589. The van der Waals surface area contributed by atoms with Gasteiger partial charge in [0.2, 0.25) is 0 Å². The normalized spacial score (nSPS) is 15.8. The van der Waals surface area contributed by atoms with Gasteiger partial charge in [0.25, 0.3) is 0 Å². The monoisotopic (exact) mass is 276 g/mol. The van der Waals surface area contributed by atoms with Crippen LogP contribution in [0.5, 0.6) is 0 Å². The summed E-state index contributed by atoms with van der Waals surface area (Å²) in [6.45, 7) is 4.25. The molecule has 98 valence electrons. The van der Waals surface area contributed by atoms with E-state index in [2.05, 4.69) is 18.8 Å². The van der Waals surface area contributed by atoms with Crippen molar-refractivity contribution in [2.45, 2.75) is 38.6 Å². The minimum absolute atomic E-state index is 0.115. The molecule has 0 aliphatic carbocycles. The fourth-order valence-electron chi connectivity index (χ4n) is 1.36. The van der Waals surface area contributed by atoms with Gasteiger partial charge in [0.05, 0.1) is 16.5 Å². The van der Waals surface area contributed by atoms with Crippen LogP contribution in [0.15, 0.2) is 5.38 Å². The van der Waals surface area contributed by atoms with Crippen LogP contribution in [-0.4, -0.2) is 25.4 Å². The molecule has 0 bridgehead atoms. The van der Waals surface area contributed by atoms with Crippen LogP contribution in [0, 0.1) is 0 Å². The maximum absolute atomic E-state index is 11.1. The molecule has 6 heteroatoms. The molecule has 2 unspecified atom stereocenters. The van der Waals surface area contributed by atoms with Gasteiger partial charge < -0.3 is 5.73 Å². The van der Waals surface area contributed by atoms with Crippen LogP contribution in [0.1, 0.15) is 49.4 Å². The lowest BCUT2D eigenvalue weighted by Gasteiger charge is -2.08. The smallest absolute Gasteiger partial charge is 0.147 e. The molecule has 1 aromatic heterocycles. The fourth-order valence-corrected chi connectivity index (χ4v) is 3.07. The van der Waals surface area contributed by atoms with Crippen molar-refractivity contribution in [3.63, 3.8) is 0 Å². The molecule has 0 aliphatic rings. The highest BCUT2D eigenvalue weighted by molar-refractivity contribution is 7.90. The van der Waals surface area contributed by atoms with Crippen molar-refractivity contribution in [3.8, 4) is 0 Å². The Balaban J connectivity index is 2.64. The van der Waals surface area contributed by atoms with Gasteiger partial charge in [-0.05, 0) is 12.8 Å². The van der Waals surface area contributed by atoms with E-state index >= 15 is 0 Å². The number of aromatic nitrogens is 1. The highest BCUT2D eigenvalue weighted by atomic mass is 32.2. The topological polar surface area (TPSA) is 73.0 Å². The van der Waals surface area contributed by atoms with Crippen molar-refractivity contribution in [1.29, 1.82) is 0 Å². The third-order valence-electron chi connectivity index (χ3n) is 2.75. The van der Waals surface area contributed by atoms with Gasteiger partial charge in [-0.2, -0.15) is 0 Å². The molecule has 0 aromatic carbocycles. The summed E-state index contributed by atoms with van der Waals surface area (Å²) in [7, 11) is -2.95. The second-order valence-electron chi connectivity index (χ2n) is 4.44. The van der Waals surface area contributed by atoms with E-state index in [0.29, 0.717) is 12.3 Å². The molecule has 1 heterocycles. The number of thiazole rings is 1. The number of hydrogen-bond donors (Lipinski definition) is 1. The molecule has 0 amide bonds. The van der Waals surface area contributed by atoms with Crippen molar-refractivity contribution >= 4 is 21.2 Å². The average molecular weight is 276 g/mol. The van der Waals surface area contributed by atoms with E-state index in [1.54, 1.807) is 11.3 Å². The number of nitrogens with two attached hydrogens (primary N) is 1. The van der Waals surface area contributed by atoms with Crippen LogP contribution >= 0.6 is 11.3 Å². The van der Waals surface area contributed by atoms with E-state index < -0.39 is 9.84 Å². The van der Waals surface area contributed by atoms with Gasteiger partial charge in [0.1, 0.15) is 9.84 Å². The average Bonchev–Trinajstić information content (AvgIpc) is 2.73. The minimum Gasteiger partial charge on any atom is -0.323 e. The highest BCUT2D eigenvalue weighted by Gasteiger charge is 2.15. The van der Waals surface area contributed by atoms with Crippen LogP contribution in [0.3, 0.4) is 0 Å². The first kappa shape index (κ1) is 14.6. The third-order valence-corrected chi connectivity index (χ3v) is 4.82. The number of sulfone groups is 1. The van der Waals surface area contributed by atoms with Gasteiger partial charge in [-0.15, -0.1) is 11.3 Å². The molecule has 0 radical (unpaired) electrons. The van der Waals surface area contributed by atoms with Crippen LogP contribution in [0.4, 0.5) is 0 Å². The molecule has 0 saturated heterocycles. The second kappa shape index (κ2) is 5.93. The molecule has 4 nitrogen and oxygen atoms in total. The second-order valence-corrected chi connectivity index (χ2v) is 7.59. The van der Waals surface area contributed by atoms with Crippen molar-refractivity contribution in [1.82, 2.24) is 4.98 Å². The summed E-state index contributed by atoms with van der Waals surface area (Å²) in [5, 5.41) is 3.02. The Hall–Kier alpha value is -0.460. The molecule has 1 rings (SSSR count). The predicted molar refractivity (Wildman–Crippen MR) is 72.1 cm³/mol. The van der Waals surface area contributed by atoms with E-state index in [1.165, 1.54) is 6.26 Å².